The largest absolute Gasteiger partial charge is 0.486 e. The summed E-state index contributed by atoms with van der Waals surface area (Å²) in [6.07, 6.45) is 0. The Hall–Kier alpha value is -3.58. The highest BCUT2D eigenvalue weighted by molar-refractivity contribution is 7.99. The molecule has 0 bridgehead atoms. The van der Waals surface area contributed by atoms with Crippen molar-refractivity contribution in [3.8, 4) is 5.75 Å². The lowest BCUT2D eigenvalue weighted by Gasteiger charge is -2.22. The van der Waals surface area contributed by atoms with Crippen molar-refractivity contribution >= 4 is 29.0 Å². The van der Waals surface area contributed by atoms with Crippen molar-refractivity contribution in [1.82, 2.24) is 14.8 Å². The average molecular weight is 445 g/mol. The van der Waals surface area contributed by atoms with Crippen molar-refractivity contribution in [3.05, 3.63) is 96.3 Å². The van der Waals surface area contributed by atoms with E-state index in [1.807, 2.05) is 103 Å². The van der Waals surface area contributed by atoms with Crippen molar-refractivity contribution < 1.29 is 9.53 Å². The minimum atomic E-state index is -0.0344. The van der Waals surface area contributed by atoms with Crippen LogP contribution in [0.5, 0.6) is 5.75 Å². The quantitative estimate of drug-likeness (QED) is 0.351. The average Bonchev–Trinajstić information content (AvgIpc) is 3.18. The molecule has 6 nitrogen and oxygen atoms in total. The Morgan fingerprint density at radius 3 is 2.09 bits per heavy atom. The molecule has 1 heterocycles. The third-order valence-corrected chi connectivity index (χ3v) is 5.92. The summed E-state index contributed by atoms with van der Waals surface area (Å²) in [5.41, 5.74) is 2.84. The van der Waals surface area contributed by atoms with Gasteiger partial charge in [0.05, 0.1) is 5.75 Å². The highest BCUT2D eigenvalue weighted by Gasteiger charge is 2.19. The molecule has 3 aromatic carbocycles. The second-order valence-electron chi connectivity index (χ2n) is 7.25. The third-order valence-electron chi connectivity index (χ3n) is 4.92. The molecule has 1 aromatic heterocycles. The van der Waals surface area contributed by atoms with Crippen LogP contribution in [0.25, 0.3) is 0 Å². The first-order valence-corrected chi connectivity index (χ1v) is 11.2. The van der Waals surface area contributed by atoms with Gasteiger partial charge in [0.2, 0.25) is 5.91 Å². The normalized spacial score (nSPS) is 10.7. The first kappa shape index (κ1) is 21.6. The van der Waals surface area contributed by atoms with E-state index in [0.717, 1.165) is 17.1 Å². The fraction of sp³-hybridized carbons (Fsp3) is 0.160. The molecule has 0 N–H and O–H groups in total. The van der Waals surface area contributed by atoms with Gasteiger partial charge in [-0.25, -0.2) is 0 Å². The van der Waals surface area contributed by atoms with Crippen LogP contribution in [0, 0.1) is 6.92 Å². The van der Waals surface area contributed by atoms with Crippen LogP contribution in [-0.4, -0.2) is 26.4 Å². The van der Waals surface area contributed by atoms with Crippen LogP contribution in [-0.2, 0) is 18.4 Å². The van der Waals surface area contributed by atoms with Crippen LogP contribution < -0.4 is 9.64 Å². The number of carbonyl (C=O) groups excluding carboxylic acids is 1. The van der Waals surface area contributed by atoms with Gasteiger partial charge in [-0.15, -0.1) is 10.2 Å². The van der Waals surface area contributed by atoms with E-state index in [2.05, 4.69) is 10.2 Å². The maximum Gasteiger partial charge on any atom is 0.242 e. The van der Waals surface area contributed by atoms with Crippen molar-refractivity contribution in [2.24, 2.45) is 7.05 Å². The number of hydrogen-bond donors (Lipinski definition) is 0. The number of benzene rings is 3. The molecule has 0 saturated carbocycles. The van der Waals surface area contributed by atoms with E-state index in [0.29, 0.717) is 17.6 Å². The maximum atomic E-state index is 13.2. The molecule has 4 rings (SSSR count). The number of aryl methyl sites for hydroxylation is 1. The van der Waals surface area contributed by atoms with Crippen molar-refractivity contribution in [2.45, 2.75) is 18.7 Å². The molecule has 0 unspecified atom stereocenters. The van der Waals surface area contributed by atoms with Crippen LogP contribution in [0.2, 0.25) is 0 Å². The molecule has 0 fully saturated rings. The molecule has 4 aromatic rings. The lowest BCUT2D eigenvalue weighted by Crippen LogP contribution is -2.27. The van der Waals surface area contributed by atoms with E-state index in [-0.39, 0.29) is 11.7 Å². The van der Waals surface area contributed by atoms with E-state index in [9.17, 15) is 4.79 Å². The Balaban J connectivity index is 1.43. The summed E-state index contributed by atoms with van der Waals surface area (Å²) in [5.74, 6) is 1.68. The smallest absolute Gasteiger partial charge is 0.242 e. The summed E-state index contributed by atoms with van der Waals surface area (Å²) in [5, 5.41) is 9.14. The zero-order chi connectivity index (χ0) is 22.3. The third kappa shape index (κ3) is 5.18. The minimum Gasteiger partial charge on any atom is -0.486 e. The lowest BCUT2D eigenvalue weighted by molar-refractivity contribution is -0.115. The number of anilines is 2. The molecule has 0 radical (unpaired) electrons. The molecule has 0 spiro atoms. The number of hydrogen-bond acceptors (Lipinski definition) is 5. The SMILES string of the molecule is Cc1ccc(OCc2nnc(SCC(=O)N(c3ccccc3)c3ccccc3)n2C)cc1. The number of thioether (sulfide) groups is 1. The van der Waals surface area contributed by atoms with Crippen molar-refractivity contribution in [3.63, 3.8) is 0 Å². The highest BCUT2D eigenvalue weighted by atomic mass is 32.2. The zero-order valence-electron chi connectivity index (χ0n) is 18.0. The van der Waals surface area contributed by atoms with Gasteiger partial charge in [-0.05, 0) is 43.3 Å². The fourth-order valence-corrected chi connectivity index (χ4v) is 3.94. The highest BCUT2D eigenvalue weighted by Crippen LogP contribution is 2.27. The van der Waals surface area contributed by atoms with Gasteiger partial charge in [0.25, 0.3) is 0 Å². The van der Waals surface area contributed by atoms with E-state index in [1.165, 1.54) is 17.3 Å². The second-order valence-corrected chi connectivity index (χ2v) is 8.19. The summed E-state index contributed by atoms with van der Waals surface area (Å²) < 4.78 is 7.68. The maximum absolute atomic E-state index is 13.2. The summed E-state index contributed by atoms with van der Waals surface area (Å²) in [7, 11) is 1.88. The zero-order valence-corrected chi connectivity index (χ0v) is 18.8. The predicted octanol–water partition coefficient (Wildman–Crippen LogP) is 5.16. The second kappa shape index (κ2) is 10.2. The van der Waals surface area contributed by atoms with Gasteiger partial charge in [-0.2, -0.15) is 0 Å². The van der Waals surface area contributed by atoms with Crippen LogP contribution in [0.15, 0.2) is 90.1 Å². The Kier molecular flexibility index (Phi) is 6.87. The Morgan fingerprint density at radius 2 is 1.50 bits per heavy atom. The van der Waals surface area contributed by atoms with Crippen molar-refractivity contribution in [2.75, 3.05) is 10.7 Å². The van der Waals surface area contributed by atoms with E-state index >= 15 is 0 Å². The van der Waals surface area contributed by atoms with Gasteiger partial charge in [0.15, 0.2) is 11.0 Å². The molecule has 0 atom stereocenters. The first-order chi connectivity index (χ1) is 15.6. The van der Waals surface area contributed by atoms with E-state index < -0.39 is 0 Å². The molecule has 0 aliphatic rings. The molecule has 32 heavy (non-hydrogen) atoms. The number of para-hydroxylation sites is 2. The van der Waals surface area contributed by atoms with Gasteiger partial charge in [0.1, 0.15) is 12.4 Å². The van der Waals surface area contributed by atoms with Crippen LogP contribution in [0.3, 0.4) is 0 Å². The summed E-state index contributed by atoms with van der Waals surface area (Å²) in [4.78, 5) is 14.9. The number of ether oxygens (including phenoxy) is 1. The summed E-state index contributed by atoms with van der Waals surface area (Å²) in [6, 6.07) is 27.2. The number of amides is 1. The summed E-state index contributed by atoms with van der Waals surface area (Å²) >= 11 is 1.36. The minimum absolute atomic E-state index is 0.0344. The standard InChI is InChI=1S/C25H24N4O2S/c1-19-13-15-22(16-14-19)31-17-23-26-27-25(28(23)2)32-18-24(30)29(20-9-5-3-6-10-20)21-11-7-4-8-12-21/h3-16H,17-18H2,1-2H3. The van der Waals surface area contributed by atoms with E-state index in [4.69, 9.17) is 4.74 Å². The lowest BCUT2D eigenvalue weighted by atomic mass is 10.2. The molecule has 7 heteroatoms. The number of rotatable bonds is 8. The topological polar surface area (TPSA) is 60.3 Å². The first-order valence-electron chi connectivity index (χ1n) is 10.3. The van der Waals surface area contributed by atoms with Gasteiger partial charge in [-0.3, -0.25) is 9.69 Å². The van der Waals surface area contributed by atoms with Crippen molar-refractivity contribution in [1.29, 1.82) is 0 Å². The fourth-order valence-electron chi connectivity index (χ4n) is 3.16. The van der Waals surface area contributed by atoms with Gasteiger partial charge >= 0.3 is 0 Å². The number of aromatic nitrogens is 3. The predicted molar refractivity (Wildman–Crippen MR) is 127 cm³/mol. The molecule has 1 amide bonds. The molecule has 0 saturated heterocycles. The monoisotopic (exact) mass is 444 g/mol. The molecule has 162 valence electrons. The van der Waals surface area contributed by atoms with Gasteiger partial charge in [0, 0.05) is 18.4 Å². The summed E-state index contributed by atoms with van der Waals surface area (Å²) in [6.45, 7) is 2.34. The molecular weight excluding hydrogens is 420 g/mol. The van der Waals surface area contributed by atoms with Gasteiger partial charge < -0.3 is 9.30 Å². The molecular formula is C25H24N4O2S. The Labute approximate surface area is 191 Å². The van der Waals surface area contributed by atoms with Crippen LogP contribution in [0.4, 0.5) is 11.4 Å². The molecule has 0 aliphatic carbocycles. The molecule has 0 aliphatic heterocycles. The Bertz CT molecular complexity index is 1120. The Morgan fingerprint density at radius 1 is 0.906 bits per heavy atom. The van der Waals surface area contributed by atoms with Crippen LogP contribution in [0.1, 0.15) is 11.4 Å². The van der Waals surface area contributed by atoms with Gasteiger partial charge in [-0.1, -0.05) is 65.9 Å². The van der Waals surface area contributed by atoms with Crippen LogP contribution >= 0.6 is 11.8 Å². The van der Waals surface area contributed by atoms with E-state index in [1.54, 1.807) is 4.90 Å². The number of nitrogens with zero attached hydrogens (tertiary/aromatic N) is 4. The number of carbonyl (C=O) groups is 1.